The van der Waals surface area contributed by atoms with Crippen LogP contribution in [0, 0.1) is 5.92 Å². The van der Waals surface area contributed by atoms with Crippen molar-refractivity contribution in [2.75, 3.05) is 6.54 Å². The molecule has 0 aliphatic carbocycles. The minimum absolute atomic E-state index is 0.00932. The fraction of sp³-hybridized carbons (Fsp3) is 0.278. The molecule has 3 nitrogen and oxygen atoms in total. The van der Waals surface area contributed by atoms with Crippen LogP contribution in [-0.2, 0) is 6.54 Å². The molecule has 1 amide bonds. The lowest BCUT2D eigenvalue weighted by atomic mass is 10.2. The van der Waals surface area contributed by atoms with E-state index in [1.54, 1.807) is 11.3 Å². The first-order valence-corrected chi connectivity index (χ1v) is 9.32. The van der Waals surface area contributed by atoms with Crippen LogP contribution < -0.4 is 5.32 Å². The molecule has 0 saturated carbocycles. The van der Waals surface area contributed by atoms with Crippen LogP contribution in [0.3, 0.4) is 0 Å². The summed E-state index contributed by atoms with van der Waals surface area (Å²) in [5.41, 5.74) is 2.99. The second-order valence-electron chi connectivity index (χ2n) is 6.00. The maximum Gasteiger partial charge on any atom is 0.267 e. The lowest BCUT2D eigenvalue weighted by Gasteiger charge is -2.12. The van der Waals surface area contributed by atoms with Crippen LogP contribution in [0.4, 0.5) is 0 Å². The number of thiophene rings is 1. The number of benzene rings is 1. The Hall–Kier alpha value is -1.59. The van der Waals surface area contributed by atoms with E-state index in [1.807, 2.05) is 24.3 Å². The number of carbonyl (C=O) groups excluding carboxylic acids is 1. The molecular formula is C18H19BrN2OS. The van der Waals surface area contributed by atoms with Gasteiger partial charge in [-0.2, -0.15) is 0 Å². The molecule has 3 rings (SSSR count). The number of nitrogens with zero attached hydrogens (tertiary/aromatic N) is 1. The van der Waals surface area contributed by atoms with Gasteiger partial charge in [-0.15, -0.1) is 11.3 Å². The van der Waals surface area contributed by atoms with Crippen LogP contribution in [0.1, 0.15) is 29.9 Å². The second-order valence-corrected chi connectivity index (χ2v) is 7.77. The zero-order chi connectivity index (χ0) is 16.4. The summed E-state index contributed by atoms with van der Waals surface area (Å²) in [6, 6.07) is 12.2. The monoisotopic (exact) mass is 390 g/mol. The Bertz CT molecular complexity index is 820. The molecule has 0 radical (unpaired) electrons. The van der Waals surface area contributed by atoms with Gasteiger partial charge >= 0.3 is 0 Å². The van der Waals surface area contributed by atoms with E-state index in [0.29, 0.717) is 19.0 Å². The molecule has 0 unspecified atom stereocenters. The molecule has 0 atom stereocenters. The SMILES string of the molecule is CC(C)CNC(=O)c1cc2scc(Br)c2n1Cc1ccccc1. The summed E-state index contributed by atoms with van der Waals surface area (Å²) < 4.78 is 4.26. The highest BCUT2D eigenvalue weighted by molar-refractivity contribution is 9.10. The molecule has 120 valence electrons. The average Bonchev–Trinajstić information content (AvgIpc) is 3.07. The summed E-state index contributed by atoms with van der Waals surface area (Å²) >= 11 is 5.27. The van der Waals surface area contributed by atoms with Crippen molar-refractivity contribution in [2.24, 2.45) is 5.92 Å². The third-order valence-corrected chi connectivity index (χ3v) is 5.49. The quantitative estimate of drug-likeness (QED) is 0.660. The Morgan fingerprint density at radius 2 is 2.04 bits per heavy atom. The van der Waals surface area contributed by atoms with E-state index in [-0.39, 0.29) is 5.91 Å². The second kappa shape index (κ2) is 6.89. The number of carbonyl (C=O) groups is 1. The van der Waals surface area contributed by atoms with E-state index in [1.165, 1.54) is 5.56 Å². The van der Waals surface area contributed by atoms with Crippen LogP contribution in [0.2, 0.25) is 0 Å². The maximum absolute atomic E-state index is 12.6. The number of nitrogens with one attached hydrogen (secondary N) is 1. The summed E-state index contributed by atoms with van der Waals surface area (Å²) in [7, 11) is 0. The van der Waals surface area contributed by atoms with Gasteiger partial charge in [-0.25, -0.2) is 0 Å². The van der Waals surface area contributed by atoms with E-state index >= 15 is 0 Å². The molecule has 2 heterocycles. The Labute approximate surface area is 148 Å². The lowest BCUT2D eigenvalue weighted by molar-refractivity contribution is 0.0940. The van der Waals surface area contributed by atoms with Crippen molar-refractivity contribution in [1.82, 2.24) is 9.88 Å². The molecule has 0 bridgehead atoms. The minimum atomic E-state index is -0.00932. The molecule has 23 heavy (non-hydrogen) atoms. The van der Waals surface area contributed by atoms with Crippen molar-refractivity contribution in [3.8, 4) is 0 Å². The van der Waals surface area contributed by atoms with Crippen molar-refractivity contribution < 1.29 is 4.79 Å². The number of hydrogen-bond acceptors (Lipinski definition) is 2. The Morgan fingerprint density at radius 3 is 2.74 bits per heavy atom. The van der Waals surface area contributed by atoms with Crippen LogP contribution in [0.15, 0.2) is 46.3 Å². The summed E-state index contributed by atoms with van der Waals surface area (Å²) in [5, 5.41) is 5.10. The van der Waals surface area contributed by atoms with Crippen molar-refractivity contribution in [1.29, 1.82) is 0 Å². The van der Waals surface area contributed by atoms with E-state index in [9.17, 15) is 4.79 Å². The number of amides is 1. The van der Waals surface area contributed by atoms with E-state index < -0.39 is 0 Å². The minimum Gasteiger partial charge on any atom is -0.351 e. The van der Waals surface area contributed by atoms with Crippen molar-refractivity contribution in [3.05, 3.63) is 57.5 Å². The first-order chi connectivity index (χ1) is 11.1. The highest BCUT2D eigenvalue weighted by atomic mass is 79.9. The van der Waals surface area contributed by atoms with E-state index in [2.05, 4.69) is 57.2 Å². The molecule has 2 aromatic heterocycles. The first kappa shape index (κ1) is 16.3. The fourth-order valence-corrected chi connectivity index (χ4v) is 4.23. The summed E-state index contributed by atoms with van der Waals surface area (Å²) in [6.07, 6.45) is 0. The Morgan fingerprint density at radius 1 is 1.30 bits per heavy atom. The molecule has 0 saturated heterocycles. The highest BCUT2D eigenvalue weighted by Gasteiger charge is 2.18. The summed E-state index contributed by atoms with van der Waals surface area (Å²) in [6.45, 7) is 5.56. The smallest absolute Gasteiger partial charge is 0.267 e. The summed E-state index contributed by atoms with van der Waals surface area (Å²) in [5.74, 6) is 0.425. The third-order valence-electron chi connectivity index (χ3n) is 3.66. The van der Waals surface area contributed by atoms with Gasteiger partial charge < -0.3 is 9.88 Å². The molecule has 3 aromatic rings. The van der Waals surface area contributed by atoms with Gasteiger partial charge in [0, 0.05) is 18.5 Å². The standard InChI is InChI=1S/C18H19BrN2OS/c1-12(2)9-20-18(22)15-8-16-17(14(19)11-23-16)21(15)10-13-6-4-3-5-7-13/h3-8,11-12H,9-10H2,1-2H3,(H,20,22). The van der Waals surface area contributed by atoms with Gasteiger partial charge in [0.05, 0.1) is 14.7 Å². The zero-order valence-corrected chi connectivity index (χ0v) is 15.6. The molecule has 0 aliphatic heterocycles. The number of fused-ring (bicyclic) bond motifs is 1. The number of aromatic nitrogens is 1. The largest absolute Gasteiger partial charge is 0.351 e. The van der Waals surface area contributed by atoms with Crippen molar-refractivity contribution >= 4 is 43.4 Å². The molecule has 0 aliphatic rings. The predicted octanol–water partition coefficient (Wildman–Crippen LogP) is 4.90. The van der Waals surface area contributed by atoms with Crippen LogP contribution in [0.25, 0.3) is 10.2 Å². The third kappa shape index (κ3) is 3.51. The molecule has 5 heteroatoms. The van der Waals surface area contributed by atoms with Gasteiger partial charge in [-0.05, 0) is 33.5 Å². The van der Waals surface area contributed by atoms with Crippen LogP contribution in [0.5, 0.6) is 0 Å². The zero-order valence-electron chi connectivity index (χ0n) is 13.2. The van der Waals surface area contributed by atoms with E-state index in [0.717, 1.165) is 20.4 Å². The highest BCUT2D eigenvalue weighted by Crippen LogP contribution is 2.33. The van der Waals surface area contributed by atoms with Gasteiger partial charge in [0.2, 0.25) is 0 Å². The molecule has 0 fully saturated rings. The average molecular weight is 391 g/mol. The van der Waals surface area contributed by atoms with Crippen LogP contribution in [-0.4, -0.2) is 17.0 Å². The number of rotatable bonds is 5. The van der Waals surface area contributed by atoms with Gasteiger partial charge in [-0.1, -0.05) is 44.2 Å². The maximum atomic E-state index is 12.6. The van der Waals surface area contributed by atoms with Crippen molar-refractivity contribution in [3.63, 3.8) is 0 Å². The van der Waals surface area contributed by atoms with E-state index in [4.69, 9.17) is 0 Å². The molecule has 1 aromatic carbocycles. The molecule has 1 N–H and O–H groups in total. The topological polar surface area (TPSA) is 34.0 Å². The normalized spacial score (nSPS) is 11.3. The number of hydrogen-bond donors (Lipinski definition) is 1. The fourth-order valence-electron chi connectivity index (χ4n) is 2.54. The predicted molar refractivity (Wildman–Crippen MR) is 100 cm³/mol. The summed E-state index contributed by atoms with van der Waals surface area (Å²) in [4.78, 5) is 12.6. The van der Waals surface area contributed by atoms with Crippen LogP contribution >= 0.6 is 27.3 Å². The van der Waals surface area contributed by atoms with Crippen molar-refractivity contribution in [2.45, 2.75) is 20.4 Å². The molecular weight excluding hydrogens is 372 g/mol. The Kier molecular flexibility index (Phi) is 4.87. The Balaban J connectivity index is 2.00. The van der Waals surface area contributed by atoms with Gasteiger partial charge in [0.25, 0.3) is 5.91 Å². The van der Waals surface area contributed by atoms with Gasteiger partial charge in [0.1, 0.15) is 5.69 Å². The molecule has 0 spiro atoms. The van der Waals surface area contributed by atoms with Gasteiger partial charge in [0.15, 0.2) is 0 Å². The first-order valence-electron chi connectivity index (χ1n) is 7.64. The lowest BCUT2D eigenvalue weighted by Crippen LogP contribution is -2.29. The van der Waals surface area contributed by atoms with Gasteiger partial charge in [-0.3, -0.25) is 4.79 Å². The number of halogens is 1.